The number of anilines is 1. The van der Waals surface area contributed by atoms with Crippen molar-refractivity contribution in [2.24, 2.45) is 0 Å². The van der Waals surface area contributed by atoms with Gasteiger partial charge in [-0.15, -0.1) is 0 Å². The van der Waals surface area contributed by atoms with Crippen molar-refractivity contribution in [1.82, 2.24) is 15.3 Å². The number of rotatable bonds is 6. The van der Waals surface area contributed by atoms with Gasteiger partial charge >= 0.3 is 6.18 Å². The van der Waals surface area contributed by atoms with Crippen LogP contribution in [-0.4, -0.2) is 15.9 Å². The third kappa shape index (κ3) is 5.60. The minimum Gasteiger partial charge on any atom is -0.347 e. The van der Waals surface area contributed by atoms with Gasteiger partial charge in [-0.2, -0.15) is 13.2 Å². The van der Waals surface area contributed by atoms with Gasteiger partial charge in [0, 0.05) is 17.6 Å². The van der Waals surface area contributed by atoms with Crippen molar-refractivity contribution in [2.45, 2.75) is 17.6 Å². The normalized spacial score (nSPS) is 11.3. The number of nitrogens with one attached hydrogen (secondary N) is 2. The Labute approximate surface area is 171 Å². The van der Waals surface area contributed by atoms with Crippen molar-refractivity contribution in [2.75, 3.05) is 4.72 Å². The topological polar surface area (TPSA) is 66.9 Å². The van der Waals surface area contributed by atoms with Crippen molar-refractivity contribution >= 4 is 45.9 Å². The molecule has 0 aliphatic carbocycles. The van der Waals surface area contributed by atoms with E-state index in [1.807, 2.05) is 0 Å². The number of nitrogens with zero attached hydrogens (tertiary/aromatic N) is 2. The molecule has 0 atom stereocenters. The van der Waals surface area contributed by atoms with Gasteiger partial charge in [0.1, 0.15) is 10.0 Å². The first kappa shape index (κ1) is 20.4. The van der Waals surface area contributed by atoms with Crippen molar-refractivity contribution in [3.8, 4) is 0 Å². The van der Waals surface area contributed by atoms with Crippen LogP contribution >= 0.6 is 34.9 Å². The lowest BCUT2D eigenvalue weighted by atomic mass is 10.1. The van der Waals surface area contributed by atoms with Crippen molar-refractivity contribution in [3.63, 3.8) is 0 Å². The van der Waals surface area contributed by atoms with Gasteiger partial charge in [-0.05, 0) is 41.8 Å². The van der Waals surface area contributed by atoms with Crippen LogP contribution in [0.5, 0.6) is 0 Å². The average molecular weight is 445 g/mol. The fourth-order valence-electron chi connectivity index (χ4n) is 2.06. The molecule has 146 valence electrons. The molecule has 28 heavy (non-hydrogen) atoms. The zero-order valence-electron chi connectivity index (χ0n) is 14.0. The average Bonchev–Trinajstić information content (AvgIpc) is 3.10. The van der Waals surface area contributed by atoms with Crippen LogP contribution in [0.25, 0.3) is 0 Å². The van der Waals surface area contributed by atoms with Gasteiger partial charge in [-0.1, -0.05) is 35.1 Å². The first-order valence-corrected chi connectivity index (χ1v) is 9.77. The van der Waals surface area contributed by atoms with Gasteiger partial charge < -0.3 is 10.0 Å². The molecule has 0 saturated carbocycles. The number of hydrogen-bond acceptors (Lipinski definition) is 6. The summed E-state index contributed by atoms with van der Waals surface area (Å²) in [5.41, 5.74) is 0.0272. The lowest BCUT2D eigenvalue weighted by molar-refractivity contribution is -0.137. The number of halogens is 4. The maximum atomic E-state index is 12.5. The molecule has 1 aromatic carbocycles. The number of pyridine rings is 1. The minimum absolute atomic E-state index is 0.0987. The Bertz CT molecular complexity index is 946. The summed E-state index contributed by atoms with van der Waals surface area (Å²) in [7, 11) is 0. The first-order chi connectivity index (χ1) is 13.3. The molecule has 3 rings (SSSR count). The SMILES string of the molecule is O=C(NCc1ccc(C(F)(F)F)cc1)c1ccc(SNc2ncc(Cl)s2)cn1. The Kier molecular flexibility index (Phi) is 6.42. The zero-order valence-corrected chi connectivity index (χ0v) is 16.3. The van der Waals surface area contributed by atoms with Gasteiger partial charge in [0.05, 0.1) is 11.8 Å². The molecule has 1 amide bonds. The lowest BCUT2D eigenvalue weighted by Crippen LogP contribution is -2.23. The summed E-state index contributed by atoms with van der Waals surface area (Å²) in [5, 5.41) is 3.27. The fraction of sp³-hybridized carbons (Fsp3) is 0.118. The fourth-order valence-corrected chi connectivity index (χ4v) is 3.52. The van der Waals surface area contributed by atoms with E-state index in [1.54, 1.807) is 12.1 Å². The van der Waals surface area contributed by atoms with Crippen LogP contribution in [0.15, 0.2) is 53.7 Å². The van der Waals surface area contributed by atoms with E-state index < -0.39 is 17.6 Å². The summed E-state index contributed by atoms with van der Waals surface area (Å²) >= 11 is 8.37. The second kappa shape index (κ2) is 8.80. The van der Waals surface area contributed by atoms with E-state index in [4.69, 9.17) is 11.6 Å². The monoisotopic (exact) mass is 444 g/mol. The van der Waals surface area contributed by atoms with Crippen molar-refractivity contribution in [3.05, 3.63) is 69.9 Å². The predicted octanol–water partition coefficient (Wildman–Crippen LogP) is 5.26. The van der Waals surface area contributed by atoms with Crippen LogP contribution in [0.3, 0.4) is 0 Å². The van der Waals surface area contributed by atoms with E-state index in [9.17, 15) is 18.0 Å². The van der Waals surface area contributed by atoms with Gasteiger partial charge in [-0.3, -0.25) is 4.79 Å². The van der Waals surface area contributed by atoms with Crippen molar-refractivity contribution < 1.29 is 18.0 Å². The van der Waals surface area contributed by atoms with Gasteiger partial charge in [-0.25, -0.2) is 9.97 Å². The number of aromatic nitrogens is 2. The number of alkyl halides is 3. The van der Waals surface area contributed by atoms with E-state index in [0.717, 1.165) is 17.0 Å². The Morgan fingerprint density at radius 2 is 1.86 bits per heavy atom. The number of amides is 1. The molecule has 0 bridgehead atoms. The number of carbonyl (C=O) groups excluding carboxylic acids is 1. The molecule has 2 heterocycles. The second-order valence-corrected chi connectivity index (χ2v) is 7.97. The summed E-state index contributed by atoms with van der Waals surface area (Å²) < 4.78 is 41.2. The minimum atomic E-state index is -4.38. The summed E-state index contributed by atoms with van der Waals surface area (Å²) in [6, 6.07) is 7.89. The van der Waals surface area contributed by atoms with Gasteiger partial charge in [0.15, 0.2) is 5.13 Å². The van der Waals surface area contributed by atoms with E-state index in [0.29, 0.717) is 15.0 Å². The smallest absolute Gasteiger partial charge is 0.347 e. The molecule has 2 N–H and O–H groups in total. The molecule has 0 saturated heterocycles. The summed E-state index contributed by atoms with van der Waals surface area (Å²) in [5.74, 6) is -0.420. The van der Waals surface area contributed by atoms with E-state index in [1.165, 1.54) is 47.8 Å². The highest BCUT2D eigenvalue weighted by Gasteiger charge is 2.29. The number of carbonyl (C=O) groups is 1. The molecule has 2 aromatic heterocycles. The van der Waals surface area contributed by atoms with Gasteiger partial charge in [0.2, 0.25) is 0 Å². The largest absolute Gasteiger partial charge is 0.416 e. The second-order valence-electron chi connectivity index (χ2n) is 5.43. The van der Waals surface area contributed by atoms with E-state index in [-0.39, 0.29) is 12.2 Å². The Balaban J connectivity index is 1.51. The molecular formula is C17H12ClF3N4OS2. The van der Waals surface area contributed by atoms with Crippen LogP contribution in [0.4, 0.5) is 18.3 Å². The van der Waals surface area contributed by atoms with Crippen LogP contribution in [0.1, 0.15) is 21.6 Å². The van der Waals surface area contributed by atoms with Crippen LogP contribution in [0.2, 0.25) is 4.34 Å². The molecule has 11 heteroatoms. The molecule has 0 unspecified atom stereocenters. The predicted molar refractivity (Wildman–Crippen MR) is 103 cm³/mol. The first-order valence-electron chi connectivity index (χ1n) is 7.76. The number of hydrogen-bond donors (Lipinski definition) is 2. The third-order valence-electron chi connectivity index (χ3n) is 3.44. The standard InChI is InChI=1S/C17H12ClF3N4OS2/c18-14-9-24-16(27-14)25-28-12-5-6-13(22-8-12)15(26)23-7-10-1-3-11(4-2-10)17(19,20)21/h1-6,8-9H,7H2,(H,23,26)(H,24,25). The lowest BCUT2D eigenvalue weighted by Gasteiger charge is -2.09. The van der Waals surface area contributed by atoms with Crippen LogP contribution < -0.4 is 10.0 Å². The molecule has 0 aliphatic heterocycles. The molecule has 0 aliphatic rings. The van der Waals surface area contributed by atoms with Crippen molar-refractivity contribution in [1.29, 1.82) is 0 Å². The molecular weight excluding hydrogens is 433 g/mol. The Hall–Kier alpha value is -2.30. The number of thiazole rings is 1. The Morgan fingerprint density at radius 1 is 1.11 bits per heavy atom. The quantitative estimate of drug-likeness (QED) is 0.508. The highest BCUT2D eigenvalue weighted by atomic mass is 35.5. The van der Waals surface area contributed by atoms with E-state index >= 15 is 0 Å². The molecule has 3 aromatic rings. The van der Waals surface area contributed by atoms with Crippen LogP contribution in [0, 0.1) is 0 Å². The zero-order chi connectivity index (χ0) is 20.1. The summed E-state index contributed by atoms with van der Waals surface area (Å²) in [6.45, 7) is 0.0987. The summed E-state index contributed by atoms with van der Waals surface area (Å²) in [6.07, 6.45) is -1.32. The van der Waals surface area contributed by atoms with Crippen LogP contribution in [-0.2, 0) is 12.7 Å². The maximum absolute atomic E-state index is 12.5. The Morgan fingerprint density at radius 3 is 2.43 bits per heavy atom. The number of benzene rings is 1. The molecule has 0 fully saturated rings. The highest BCUT2D eigenvalue weighted by molar-refractivity contribution is 8.00. The molecule has 0 spiro atoms. The van der Waals surface area contributed by atoms with Gasteiger partial charge in [0.25, 0.3) is 5.91 Å². The molecule has 0 radical (unpaired) electrons. The summed E-state index contributed by atoms with van der Waals surface area (Å²) in [4.78, 5) is 21.1. The molecule has 5 nitrogen and oxygen atoms in total. The highest BCUT2D eigenvalue weighted by Crippen LogP contribution is 2.29. The van der Waals surface area contributed by atoms with E-state index in [2.05, 4.69) is 20.0 Å². The maximum Gasteiger partial charge on any atom is 0.416 e. The third-order valence-corrected chi connectivity index (χ3v) is 5.37.